The number of hydrogen-bond donors (Lipinski definition) is 2. The Hall–Kier alpha value is -2.91. The van der Waals surface area contributed by atoms with Gasteiger partial charge in [0.05, 0.1) is 18.6 Å². The van der Waals surface area contributed by atoms with Gasteiger partial charge in [-0.25, -0.2) is 12.7 Å². The second-order valence-electron chi connectivity index (χ2n) is 7.89. The van der Waals surface area contributed by atoms with Crippen LogP contribution in [0, 0.1) is 6.92 Å². The van der Waals surface area contributed by atoms with Crippen molar-refractivity contribution >= 4 is 15.9 Å². The van der Waals surface area contributed by atoms with Crippen LogP contribution in [0.3, 0.4) is 0 Å². The van der Waals surface area contributed by atoms with Crippen molar-refractivity contribution in [3.8, 4) is 0 Å². The number of aryl methyl sites for hydroxylation is 1. The lowest BCUT2D eigenvalue weighted by Crippen LogP contribution is -2.38. The molecule has 164 valence electrons. The largest absolute Gasteiger partial charge is 0.467 e. The van der Waals surface area contributed by atoms with Crippen molar-refractivity contribution in [3.05, 3.63) is 77.0 Å². The van der Waals surface area contributed by atoms with Crippen LogP contribution in [0.1, 0.15) is 51.8 Å². The van der Waals surface area contributed by atoms with Gasteiger partial charge in [0.25, 0.3) is 5.91 Å². The van der Waals surface area contributed by atoms with Gasteiger partial charge in [-0.3, -0.25) is 9.89 Å². The number of furan rings is 1. The van der Waals surface area contributed by atoms with Crippen LogP contribution in [-0.2, 0) is 22.3 Å². The van der Waals surface area contributed by atoms with Crippen molar-refractivity contribution in [2.45, 2.75) is 38.0 Å². The van der Waals surface area contributed by atoms with Gasteiger partial charge in [0.1, 0.15) is 11.5 Å². The highest BCUT2D eigenvalue weighted by molar-refractivity contribution is 7.88. The van der Waals surface area contributed by atoms with Gasteiger partial charge >= 0.3 is 0 Å². The van der Waals surface area contributed by atoms with Crippen LogP contribution < -0.4 is 5.32 Å². The van der Waals surface area contributed by atoms with E-state index in [0.717, 1.165) is 16.8 Å². The number of benzene rings is 1. The van der Waals surface area contributed by atoms with E-state index < -0.39 is 10.0 Å². The Morgan fingerprint density at radius 2 is 1.97 bits per heavy atom. The molecule has 0 bridgehead atoms. The normalized spacial score (nSPS) is 15.8. The summed E-state index contributed by atoms with van der Waals surface area (Å²) in [7, 11) is -3.36. The Kier molecular flexibility index (Phi) is 6.24. The summed E-state index contributed by atoms with van der Waals surface area (Å²) in [5.41, 5.74) is 3.08. The van der Waals surface area contributed by atoms with E-state index in [4.69, 9.17) is 4.42 Å². The average molecular weight is 443 g/mol. The summed E-state index contributed by atoms with van der Waals surface area (Å²) in [5, 5.41) is 9.84. The third-order valence-electron chi connectivity index (χ3n) is 5.59. The highest BCUT2D eigenvalue weighted by Gasteiger charge is 2.30. The summed E-state index contributed by atoms with van der Waals surface area (Å²) >= 11 is 0. The first kappa shape index (κ1) is 21.3. The fourth-order valence-electron chi connectivity index (χ4n) is 3.76. The number of carbonyl (C=O) groups excluding carboxylic acids is 1. The molecule has 1 aliphatic rings. The van der Waals surface area contributed by atoms with Crippen LogP contribution in [0.2, 0.25) is 0 Å². The van der Waals surface area contributed by atoms with Crippen molar-refractivity contribution in [2.24, 2.45) is 0 Å². The molecular formula is C22H26N4O4S. The second kappa shape index (κ2) is 9.07. The van der Waals surface area contributed by atoms with Gasteiger partial charge in [0.15, 0.2) is 0 Å². The molecule has 0 saturated carbocycles. The Balaban J connectivity index is 1.31. The quantitative estimate of drug-likeness (QED) is 0.585. The fourth-order valence-corrected chi connectivity index (χ4v) is 5.33. The maximum Gasteiger partial charge on any atom is 0.272 e. The van der Waals surface area contributed by atoms with Crippen molar-refractivity contribution in [1.82, 2.24) is 19.8 Å². The molecule has 2 N–H and O–H groups in total. The lowest BCUT2D eigenvalue weighted by molar-refractivity contribution is 0.0943. The van der Waals surface area contributed by atoms with E-state index in [1.165, 1.54) is 0 Å². The van der Waals surface area contributed by atoms with E-state index in [0.29, 0.717) is 43.9 Å². The Bertz CT molecular complexity index is 1110. The average Bonchev–Trinajstić information content (AvgIpc) is 3.46. The number of amides is 1. The van der Waals surface area contributed by atoms with Gasteiger partial charge in [0, 0.05) is 24.7 Å². The predicted molar refractivity (Wildman–Crippen MR) is 116 cm³/mol. The molecule has 1 aromatic carbocycles. The summed E-state index contributed by atoms with van der Waals surface area (Å²) in [4.78, 5) is 12.3. The molecule has 1 aliphatic heterocycles. The number of aromatic amines is 1. The molecule has 0 aliphatic carbocycles. The third kappa shape index (κ3) is 5.23. The van der Waals surface area contributed by atoms with E-state index in [1.54, 1.807) is 28.8 Å². The highest BCUT2D eigenvalue weighted by atomic mass is 32.2. The number of H-pyrrole nitrogens is 1. The van der Waals surface area contributed by atoms with Gasteiger partial charge in [0.2, 0.25) is 10.0 Å². The minimum Gasteiger partial charge on any atom is -0.467 e. The molecule has 31 heavy (non-hydrogen) atoms. The molecule has 9 heteroatoms. The molecule has 0 radical (unpaired) electrons. The van der Waals surface area contributed by atoms with Gasteiger partial charge in [-0.1, -0.05) is 29.8 Å². The minimum absolute atomic E-state index is 0.0159. The van der Waals surface area contributed by atoms with Crippen molar-refractivity contribution in [3.63, 3.8) is 0 Å². The van der Waals surface area contributed by atoms with E-state index in [1.807, 2.05) is 31.2 Å². The van der Waals surface area contributed by atoms with Gasteiger partial charge < -0.3 is 9.73 Å². The van der Waals surface area contributed by atoms with Crippen LogP contribution >= 0.6 is 0 Å². The smallest absolute Gasteiger partial charge is 0.272 e. The van der Waals surface area contributed by atoms with Crippen LogP contribution in [0.5, 0.6) is 0 Å². The van der Waals surface area contributed by atoms with Crippen molar-refractivity contribution in [2.75, 3.05) is 13.1 Å². The summed E-state index contributed by atoms with van der Waals surface area (Å²) in [6, 6.07) is 12.9. The summed E-state index contributed by atoms with van der Waals surface area (Å²) in [6.45, 7) is 3.19. The molecule has 3 heterocycles. The Morgan fingerprint density at radius 3 is 2.65 bits per heavy atom. The number of rotatable bonds is 7. The molecule has 0 unspecified atom stereocenters. The van der Waals surface area contributed by atoms with Gasteiger partial charge in [-0.05, 0) is 43.5 Å². The lowest BCUT2D eigenvalue weighted by Gasteiger charge is -2.30. The maximum atomic E-state index is 12.8. The molecule has 1 saturated heterocycles. The zero-order valence-electron chi connectivity index (χ0n) is 17.4. The third-order valence-corrected chi connectivity index (χ3v) is 7.44. The molecular weight excluding hydrogens is 416 g/mol. The fraction of sp³-hybridized carbons (Fsp3) is 0.364. The number of piperidine rings is 1. The molecule has 1 fully saturated rings. The van der Waals surface area contributed by atoms with E-state index in [2.05, 4.69) is 15.5 Å². The summed E-state index contributed by atoms with van der Waals surface area (Å²) < 4.78 is 32.4. The van der Waals surface area contributed by atoms with Crippen molar-refractivity contribution < 1.29 is 17.6 Å². The zero-order chi connectivity index (χ0) is 21.8. The summed E-state index contributed by atoms with van der Waals surface area (Å²) in [6.07, 6.45) is 2.92. The first-order chi connectivity index (χ1) is 14.9. The van der Waals surface area contributed by atoms with Gasteiger partial charge in [-0.2, -0.15) is 5.10 Å². The predicted octanol–water partition coefficient (Wildman–Crippen LogP) is 2.95. The van der Waals surface area contributed by atoms with E-state index in [-0.39, 0.29) is 17.6 Å². The van der Waals surface area contributed by atoms with Crippen LogP contribution in [0.25, 0.3) is 0 Å². The standard InChI is InChI=1S/C22H26N4O4S/c1-16-4-6-17(7-5-16)15-31(28,29)26-10-8-18(9-11-26)20-13-21(25-24-20)22(27)23-14-19-3-2-12-30-19/h2-7,12-13,18H,8-11,14-15H2,1H3,(H,23,27)(H,24,25). The number of nitrogens with zero attached hydrogens (tertiary/aromatic N) is 2. The second-order valence-corrected chi connectivity index (χ2v) is 9.85. The first-order valence-electron chi connectivity index (χ1n) is 10.3. The molecule has 0 atom stereocenters. The molecule has 4 rings (SSSR count). The van der Waals surface area contributed by atoms with Crippen LogP contribution in [0.15, 0.2) is 53.1 Å². The number of hydrogen-bond acceptors (Lipinski definition) is 5. The first-order valence-corrected chi connectivity index (χ1v) is 11.9. The van der Waals surface area contributed by atoms with E-state index >= 15 is 0 Å². The Labute approximate surface area is 181 Å². The van der Waals surface area contributed by atoms with E-state index in [9.17, 15) is 13.2 Å². The monoisotopic (exact) mass is 442 g/mol. The molecule has 0 spiro atoms. The van der Waals surface area contributed by atoms with Crippen LogP contribution in [0.4, 0.5) is 0 Å². The molecule has 1 amide bonds. The van der Waals surface area contributed by atoms with Crippen molar-refractivity contribution in [1.29, 1.82) is 0 Å². The zero-order valence-corrected chi connectivity index (χ0v) is 18.2. The summed E-state index contributed by atoms with van der Waals surface area (Å²) in [5.74, 6) is 0.549. The Morgan fingerprint density at radius 1 is 1.23 bits per heavy atom. The number of nitrogens with one attached hydrogen (secondary N) is 2. The minimum atomic E-state index is -3.36. The maximum absolute atomic E-state index is 12.8. The number of aromatic nitrogens is 2. The number of carbonyl (C=O) groups is 1. The number of sulfonamides is 1. The highest BCUT2D eigenvalue weighted by Crippen LogP contribution is 2.29. The lowest BCUT2D eigenvalue weighted by atomic mass is 9.94. The molecule has 8 nitrogen and oxygen atoms in total. The van der Waals surface area contributed by atoms with Crippen LogP contribution in [-0.4, -0.2) is 41.9 Å². The topological polar surface area (TPSA) is 108 Å². The molecule has 2 aromatic heterocycles. The molecule has 3 aromatic rings. The SMILES string of the molecule is Cc1ccc(CS(=O)(=O)N2CCC(c3cc(C(=O)NCc4ccco4)n[nH]3)CC2)cc1. The van der Waals surface area contributed by atoms with Gasteiger partial charge in [-0.15, -0.1) is 0 Å².